The Hall–Kier alpha value is -1.61. The van der Waals surface area contributed by atoms with Crippen LogP contribution in [-0.2, 0) is 13.0 Å². The zero-order valence-corrected chi connectivity index (χ0v) is 17.9. The van der Waals surface area contributed by atoms with Crippen LogP contribution in [0.25, 0.3) is 10.9 Å². The lowest BCUT2D eigenvalue weighted by molar-refractivity contribution is 0.471. The Morgan fingerprint density at radius 3 is 2.84 bits per heavy atom. The lowest BCUT2D eigenvalue weighted by atomic mass is 10.2. The van der Waals surface area contributed by atoms with Crippen LogP contribution in [0, 0.1) is 6.92 Å². The van der Waals surface area contributed by atoms with Crippen LogP contribution >= 0.6 is 35.3 Å². The van der Waals surface area contributed by atoms with E-state index in [1.54, 1.807) is 11.3 Å². The number of benzene rings is 1. The summed E-state index contributed by atoms with van der Waals surface area (Å²) in [5.41, 5.74) is 3.50. The number of nitrogens with zero attached hydrogens (tertiary/aromatic N) is 3. The number of nitrogens with one attached hydrogen (secondary N) is 2. The summed E-state index contributed by atoms with van der Waals surface area (Å²) in [6.45, 7) is 3.62. The minimum atomic E-state index is 0. The molecule has 0 aliphatic heterocycles. The van der Waals surface area contributed by atoms with Crippen molar-refractivity contribution in [1.82, 2.24) is 20.2 Å². The second-order valence-electron chi connectivity index (χ2n) is 5.82. The van der Waals surface area contributed by atoms with Crippen molar-refractivity contribution < 1.29 is 0 Å². The molecule has 3 rings (SSSR count). The van der Waals surface area contributed by atoms with Crippen molar-refractivity contribution in [3.8, 4) is 0 Å². The molecule has 0 amide bonds. The second-order valence-corrected chi connectivity index (χ2v) is 6.88. The Bertz CT molecular complexity index is 806. The van der Waals surface area contributed by atoms with Gasteiger partial charge in [0.1, 0.15) is 0 Å². The van der Waals surface area contributed by atoms with Gasteiger partial charge in [-0.1, -0.05) is 18.2 Å². The third-order valence-electron chi connectivity index (χ3n) is 3.90. The smallest absolute Gasteiger partial charge is 0.193 e. The van der Waals surface area contributed by atoms with Gasteiger partial charge in [0.15, 0.2) is 5.96 Å². The monoisotopic (exact) mass is 469 g/mol. The van der Waals surface area contributed by atoms with E-state index in [2.05, 4.69) is 60.9 Å². The van der Waals surface area contributed by atoms with Crippen molar-refractivity contribution in [3.63, 3.8) is 0 Å². The molecule has 2 heterocycles. The van der Waals surface area contributed by atoms with E-state index in [9.17, 15) is 0 Å². The first-order chi connectivity index (χ1) is 11.7. The summed E-state index contributed by atoms with van der Waals surface area (Å²) in [6, 6.07) is 10.6. The average molecular weight is 469 g/mol. The van der Waals surface area contributed by atoms with Gasteiger partial charge in [0.25, 0.3) is 0 Å². The van der Waals surface area contributed by atoms with Crippen molar-refractivity contribution in [3.05, 3.63) is 52.1 Å². The summed E-state index contributed by atoms with van der Waals surface area (Å²) >= 11 is 1.68. The molecule has 0 saturated heterocycles. The molecule has 25 heavy (non-hydrogen) atoms. The van der Waals surface area contributed by atoms with Gasteiger partial charge in [0, 0.05) is 43.7 Å². The number of fused-ring (bicyclic) bond motifs is 1. The maximum Gasteiger partial charge on any atom is 0.193 e. The van der Waals surface area contributed by atoms with E-state index in [-0.39, 0.29) is 24.0 Å². The largest absolute Gasteiger partial charge is 0.358 e. The first-order valence-electron chi connectivity index (χ1n) is 8.05. The number of halogens is 1. The quantitative estimate of drug-likeness (QED) is 0.340. The van der Waals surface area contributed by atoms with E-state index in [0.717, 1.165) is 36.2 Å². The molecule has 0 atom stereocenters. The van der Waals surface area contributed by atoms with Crippen molar-refractivity contribution in [2.75, 3.05) is 20.6 Å². The van der Waals surface area contributed by atoms with E-state index in [1.165, 1.54) is 16.6 Å². The molecule has 0 bridgehead atoms. The Balaban J connectivity index is 0.00000225. The van der Waals surface area contributed by atoms with Crippen molar-refractivity contribution >= 4 is 52.2 Å². The molecule has 1 aromatic carbocycles. The standard InChI is InChI=1S/C18H23N5S.HI/c1-13-21-16(12-24-13)11-23(3)18(19-2)20-9-8-15-10-14-6-4-5-7-17(14)22-15;/h4-7,10,12,22H,8-9,11H2,1-3H3,(H,19,20);1H. The van der Waals surface area contributed by atoms with Gasteiger partial charge in [-0.25, -0.2) is 4.98 Å². The first kappa shape index (κ1) is 19.7. The maximum atomic E-state index is 4.51. The second kappa shape index (κ2) is 9.19. The average Bonchev–Trinajstić information content (AvgIpc) is 3.16. The van der Waals surface area contributed by atoms with Crippen LogP contribution in [0.5, 0.6) is 0 Å². The van der Waals surface area contributed by atoms with Crippen LogP contribution in [0.2, 0.25) is 0 Å². The number of aromatic nitrogens is 2. The van der Waals surface area contributed by atoms with Crippen LogP contribution in [-0.4, -0.2) is 41.5 Å². The molecule has 0 aliphatic carbocycles. The van der Waals surface area contributed by atoms with Gasteiger partial charge in [-0.15, -0.1) is 35.3 Å². The van der Waals surface area contributed by atoms with Crippen molar-refractivity contribution in [1.29, 1.82) is 0 Å². The molecule has 7 heteroatoms. The van der Waals surface area contributed by atoms with E-state index < -0.39 is 0 Å². The number of thiazole rings is 1. The number of hydrogen-bond acceptors (Lipinski definition) is 3. The number of aliphatic imine (C=N–C) groups is 1. The van der Waals surface area contributed by atoms with Gasteiger partial charge in [0.2, 0.25) is 0 Å². The summed E-state index contributed by atoms with van der Waals surface area (Å²) in [5, 5.41) is 7.88. The Labute approximate surface area is 169 Å². The van der Waals surface area contributed by atoms with Gasteiger partial charge in [-0.05, 0) is 24.4 Å². The fourth-order valence-corrected chi connectivity index (χ4v) is 3.36. The number of hydrogen-bond donors (Lipinski definition) is 2. The molecule has 0 unspecified atom stereocenters. The fraction of sp³-hybridized carbons (Fsp3) is 0.333. The van der Waals surface area contributed by atoms with E-state index in [1.807, 2.05) is 21.0 Å². The number of aryl methyl sites for hydroxylation is 1. The van der Waals surface area contributed by atoms with E-state index >= 15 is 0 Å². The first-order valence-corrected chi connectivity index (χ1v) is 8.93. The minimum Gasteiger partial charge on any atom is -0.358 e. The zero-order chi connectivity index (χ0) is 16.9. The summed E-state index contributed by atoms with van der Waals surface area (Å²) in [5.74, 6) is 0.886. The van der Waals surface area contributed by atoms with Gasteiger partial charge >= 0.3 is 0 Å². The Morgan fingerprint density at radius 1 is 1.36 bits per heavy atom. The van der Waals surface area contributed by atoms with E-state index in [0.29, 0.717) is 0 Å². The van der Waals surface area contributed by atoms with Crippen LogP contribution in [0.3, 0.4) is 0 Å². The number of rotatable bonds is 5. The lowest BCUT2D eigenvalue weighted by Gasteiger charge is -2.21. The van der Waals surface area contributed by atoms with Gasteiger partial charge < -0.3 is 15.2 Å². The summed E-state index contributed by atoms with van der Waals surface area (Å²) in [4.78, 5) is 14.4. The fourth-order valence-electron chi connectivity index (χ4n) is 2.76. The Kier molecular flexibility index (Phi) is 7.24. The van der Waals surface area contributed by atoms with Crippen LogP contribution < -0.4 is 5.32 Å². The topological polar surface area (TPSA) is 56.3 Å². The summed E-state index contributed by atoms with van der Waals surface area (Å²) < 4.78 is 0. The molecule has 2 N–H and O–H groups in total. The van der Waals surface area contributed by atoms with Crippen molar-refractivity contribution in [2.24, 2.45) is 4.99 Å². The predicted molar refractivity (Wildman–Crippen MR) is 117 cm³/mol. The number of H-pyrrole nitrogens is 1. The molecule has 3 aromatic rings. The van der Waals surface area contributed by atoms with Crippen LogP contribution in [0.15, 0.2) is 40.7 Å². The molecule has 5 nitrogen and oxygen atoms in total. The zero-order valence-electron chi connectivity index (χ0n) is 14.7. The van der Waals surface area contributed by atoms with Crippen LogP contribution in [0.4, 0.5) is 0 Å². The lowest BCUT2D eigenvalue weighted by Crippen LogP contribution is -2.39. The maximum absolute atomic E-state index is 4.51. The SMILES string of the molecule is CN=C(NCCc1cc2ccccc2[nH]1)N(C)Cc1csc(C)n1.I. The van der Waals surface area contributed by atoms with Gasteiger partial charge in [-0.3, -0.25) is 4.99 Å². The highest BCUT2D eigenvalue weighted by Crippen LogP contribution is 2.14. The van der Waals surface area contributed by atoms with Gasteiger partial charge in [-0.2, -0.15) is 0 Å². The highest BCUT2D eigenvalue weighted by Gasteiger charge is 2.08. The summed E-state index contributed by atoms with van der Waals surface area (Å²) in [7, 11) is 3.85. The molecule has 0 spiro atoms. The molecule has 0 saturated carbocycles. The predicted octanol–water partition coefficient (Wildman–Crippen LogP) is 3.80. The molecule has 134 valence electrons. The van der Waals surface area contributed by atoms with Crippen LogP contribution in [0.1, 0.15) is 16.4 Å². The Morgan fingerprint density at radius 2 is 2.16 bits per heavy atom. The molecule has 0 radical (unpaired) electrons. The highest BCUT2D eigenvalue weighted by molar-refractivity contribution is 14.0. The summed E-state index contributed by atoms with van der Waals surface area (Å²) in [6.07, 6.45) is 0.928. The molecular formula is C18H24IN5S. The number of para-hydroxylation sites is 1. The third-order valence-corrected chi connectivity index (χ3v) is 4.72. The molecular weight excluding hydrogens is 445 g/mol. The highest BCUT2D eigenvalue weighted by atomic mass is 127. The van der Waals surface area contributed by atoms with Crippen molar-refractivity contribution in [2.45, 2.75) is 19.9 Å². The number of guanidine groups is 1. The molecule has 2 aromatic heterocycles. The number of aromatic amines is 1. The normalized spacial score (nSPS) is 11.4. The minimum absolute atomic E-state index is 0. The molecule has 0 aliphatic rings. The van der Waals surface area contributed by atoms with Gasteiger partial charge in [0.05, 0.1) is 17.2 Å². The third kappa shape index (κ3) is 5.18. The van der Waals surface area contributed by atoms with E-state index in [4.69, 9.17) is 0 Å². The molecule has 0 fully saturated rings.